The maximum Gasteiger partial charge on any atom is 0.273 e. The van der Waals surface area contributed by atoms with Gasteiger partial charge >= 0.3 is 0 Å². The summed E-state index contributed by atoms with van der Waals surface area (Å²) in [5.41, 5.74) is 1.07. The Morgan fingerprint density at radius 1 is 0.906 bits per heavy atom. The lowest BCUT2D eigenvalue weighted by Crippen LogP contribution is -2.33. The molecule has 0 aliphatic heterocycles. The zero-order valence-corrected chi connectivity index (χ0v) is 20.8. The molecule has 1 aromatic heterocycles. The molecule has 2 aromatic carbocycles. The van der Waals surface area contributed by atoms with Gasteiger partial charge in [-0.2, -0.15) is 0 Å². The number of anilines is 2. The molecule has 0 saturated heterocycles. The molecule has 32 heavy (non-hydrogen) atoms. The predicted molar refractivity (Wildman–Crippen MR) is 132 cm³/mol. The summed E-state index contributed by atoms with van der Waals surface area (Å²) in [4.78, 5) is 35.8. The number of benzene rings is 2. The molecule has 0 unspecified atom stereocenters. The Labute approximate surface area is 205 Å². The van der Waals surface area contributed by atoms with E-state index in [2.05, 4.69) is 4.98 Å². The first-order chi connectivity index (χ1) is 15.2. The van der Waals surface area contributed by atoms with Crippen molar-refractivity contribution in [3.63, 3.8) is 0 Å². The van der Waals surface area contributed by atoms with Gasteiger partial charge in [0.1, 0.15) is 5.69 Å². The number of hydrogen-bond donors (Lipinski definition) is 0. The van der Waals surface area contributed by atoms with Crippen LogP contribution >= 0.6 is 46.1 Å². The molecule has 0 N–H and O–H groups in total. The van der Waals surface area contributed by atoms with Crippen molar-refractivity contribution in [2.45, 2.75) is 0 Å². The van der Waals surface area contributed by atoms with Crippen LogP contribution in [0.1, 0.15) is 20.8 Å². The minimum atomic E-state index is -0.400. The fraction of sp³-hybridized carbons (Fsp3) is 0.227. The van der Waals surface area contributed by atoms with Gasteiger partial charge in [0.15, 0.2) is 5.13 Å². The van der Waals surface area contributed by atoms with E-state index in [1.54, 1.807) is 53.7 Å². The Kier molecular flexibility index (Phi) is 8.14. The Hall–Kier alpha value is -2.16. The van der Waals surface area contributed by atoms with Gasteiger partial charge in [0.2, 0.25) is 0 Å². The molecule has 0 aliphatic carbocycles. The number of amides is 2. The van der Waals surface area contributed by atoms with Crippen LogP contribution in [0.5, 0.6) is 0 Å². The molecule has 0 atom stereocenters. The normalized spacial score (nSPS) is 11.0. The number of carbonyl (C=O) groups excluding carboxylic acids is 2. The van der Waals surface area contributed by atoms with E-state index in [0.717, 1.165) is 6.54 Å². The number of nitrogens with zero attached hydrogens (tertiary/aromatic N) is 4. The van der Waals surface area contributed by atoms with Gasteiger partial charge in [-0.1, -0.05) is 34.8 Å². The van der Waals surface area contributed by atoms with Crippen LogP contribution in [0.15, 0.2) is 47.8 Å². The highest BCUT2D eigenvalue weighted by atomic mass is 35.5. The molecule has 0 bridgehead atoms. The first-order valence-electron chi connectivity index (χ1n) is 9.58. The van der Waals surface area contributed by atoms with Crippen LogP contribution in [0.3, 0.4) is 0 Å². The molecule has 0 spiro atoms. The largest absolute Gasteiger partial charge is 0.339 e. The molecule has 0 radical (unpaired) electrons. The van der Waals surface area contributed by atoms with Crippen molar-refractivity contribution < 1.29 is 9.59 Å². The number of thiazole rings is 1. The zero-order valence-electron chi connectivity index (χ0n) is 17.7. The molecular weight excluding hydrogens is 491 g/mol. The minimum Gasteiger partial charge on any atom is -0.339 e. The van der Waals surface area contributed by atoms with Crippen molar-refractivity contribution in [1.29, 1.82) is 0 Å². The van der Waals surface area contributed by atoms with Crippen molar-refractivity contribution in [2.24, 2.45) is 0 Å². The molecule has 6 nitrogen and oxygen atoms in total. The third-order valence-electron chi connectivity index (χ3n) is 4.58. The van der Waals surface area contributed by atoms with Crippen LogP contribution in [-0.4, -0.2) is 60.8 Å². The van der Waals surface area contributed by atoms with E-state index in [4.69, 9.17) is 34.8 Å². The molecule has 10 heteroatoms. The van der Waals surface area contributed by atoms with E-state index in [9.17, 15) is 9.59 Å². The monoisotopic (exact) mass is 510 g/mol. The quantitative estimate of drug-likeness (QED) is 0.407. The molecule has 0 saturated carbocycles. The molecule has 3 rings (SSSR count). The van der Waals surface area contributed by atoms with Crippen molar-refractivity contribution >= 4 is 68.8 Å². The highest BCUT2D eigenvalue weighted by molar-refractivity contribution is 7.14. The first-order valence-corrected chi connectivity index (χ1v) is 11.6. The van der Waals surface area contributed by atoms with Gasteiger partial charge in [0, 0.05) is 35.6 Å². The maximum atomic E-state index is 13.5. The van der Waals surface area contributed by atoms with Crippen LogP contribution < -0.4 is 4.90 Å². The predicted octanol–water partition coefficient (Wildman–Crippen LogP) is 5.72. The average Bonchev–Trinajstić information content (AvgIpc) is 3.22. The summed E-state index contributed by atoms with van der Waals surface area (Å²) >= 11 is 19.5. The van der Waals surface area contributed by atoms with Crippen molar-refractivity contribution in [3.05, 3.63) is 74.2 Å². The molecule has 0 fully saturated rings. The van der Waals surface area contributed by atoms with Gasteiger partial charge in [0.25, 0.3) is 11.8 Å². The van der Waals surface area contributed by atoms with E-state index in [1.165, 1.54) is 22.3 Å². The third-order valence-corrected chi connectivity index (χ3v) is 6.21. The lowest BCUT2D eigenvalue weighted by molar-refractivity contribution is 0.0781. The summed E-state index contributed by atoms with van der Waals surface area (Å²) in [5.74, 6) is -0.620. The molecule has 2 amide bonds. The summed E-state index contributed by atoms with van der Waals surface area (Å²) in [7, 11) is 5.61. The Bertz CT molecular complexity index is 1120. The van der Waals surface area contributed by atoms with Crippen LogP contribution in [0.2, 0.25) is 15.1 Å². The lowest BCUT2D eigenvalue weighted by Gasteiger charge is -2.21. The molecular formula is C22H21Cl3N4O2S. The number of hydrogen-bond acceptors (Lipinski definition) is 5. The van der Waals surface area contributed by atoms with Crippen LogP contribution in [0.25, 0.3) is 0 Å². The average molecular weight is 512 g/mol. The number of aromatic nitrogens is 1. The maximum absolute atomic E-state index is 13.5. The SMILES string of the molecule is CN(C)CCN(C)C(=O)c1csc(N(C(=O)c2ccc(Cl)cc2Cl)c2ccc(Cl)cc2)n1. The smallest absolute Gasteiger partial charge is 0.273 e. The van der Waals surface area contributed by atoms with Gasteiger partial charge in [0.05, 0.1) is 16.3 Å². The second-order valence-corrected chi connectivity index (χ2v) is 9.40. The van der Waals surface area contributed by atoms with Crippen molar-refractivity contribution in [3.8, 4) is 0 Å². The zero-order chi connectivity index (χ0) is 23.4. The van der Waals surface area contributed by atoms with Gasteiger partial charge < -0.3 is 9.80 Å². The fourth-order valence-corrected chi connectivity index (χ4v) is 4.23. The summed E-state index contributed by atoms with van der Waals surface area (Å²) in [6.07, 6.45) is 0. The van der Waals surface area contributed by atoms with E-state index in [-0.39, 0.29) is 22.2 Å². The van der Waals surface area contributed by atoms with Crippen LogP contribution in [0, 0.1) is 0 Å². The van der Waals surface area contributed by atoms with Crippen molar-refractivity contribution in [2.75, 3.05) is 39.1 Å². The highest BCUT2D eigenvalue weighted by Crippen LogP contribution is 2.33. The summed E-state index contributed by atoms with van der Waals surface area (Å²) in [6.45, 7) is 1.28. The number of likely N-dealkylation sites (N-methyl/N-ethyl adjacent to an activating group) is 2. The van der Waals surface area contributed by atoms with E-state index < -0.39 is 5.91 Å². The summed E-state index contributed by atoms with van der Waals surface area (Å²) in [6, 6.07) is 11.4. The van der Waals surface area contributed by atoms with Crippen molar-refractivity contribution in [1.82, 2.24) is 14.8 Å². The topological polar surface area (TPSA) is 56.8 Å². The number of carbonyl (C=O) groups is 2. The van der Waals surface area contributed by atoms with Gasteiger partial charge in [-0.05, 0) is 56.6 Å². The molecule has 3 aromatic rings. The lowest BCUT2D eigenvalue weighted by atomic mass is 10.2. The Balaban J connectivity index is 1.97. The third kappa shape index (κ3) is 5.79. The second kappa shape index (κ2) is 10.6. The van der Waals surface area contributed by atoms with Gasteiger partial charge in [-0.15, -0.1) is 11.3 Å². The standard InChI is InChI=1S/C22H21Cl3N4O2S/c1-27(2)10-11-28(3)21(31)19-13-32-22(26-19)29(16-7-4-14(23)5-8-16)20(30)17-9-6-15(24)12-18(17)25/h4-9,12-13H,10-11H2,1-3H3. The van der Waals surface area contributed by atoms with E-state index >= 15 is 0 Å². The summed E-state index contributed by atoms with van der Waals surface area (Å²) < 4.78 is 0. The number of halogens is 3. The van der Waals surface area contributed by atoms with Gasteiger partial charge in [-0.3, -0.25) is 14.5 Å². The van der Waals surface area contributed by atoms with Crippen LogP contribution in [-0.2, 0) is 0 Å². The number of rotatable bonds is 7. The summed E-state index contributed by atoms with van der Waals surface area (Å²) in [5, 5.41) is 3.16. The highest BCUT2D eigenvalue weighted by Gasteiger charge is 2.26. The first kappa shape index (κ1) is 24.5. The Morgan fingerprint density at radius 3 is 2.19 bits per heavy atom. The molecule has 1 heterocycles. The minimum absolute atomic E-state index is 0.220. The van der Waals surface area contributed by atoms with Crippen LogP contribution in [0.4, 0.5) is 10.8 Å². The van der Waals surface area contributed by atoms with E-state index in [0.29, 0.717) is 27.4 Å². The molecule has 0 aliphatic rings. The fourth-order valence-electron chi connectivity index (χ4n) is 2.80. The molecule has 168 valence electrons. The second-order valence-electron chi connectivity index (χ2n) is 7.29. The Morgan fingerprint density at radius 2 is 1.56 bits per heavy atom. The van der Waals surface area contributed by atoms with E-state index in [1.807, 2.05) is 19.0 Å². The van der Waals surface area contributed by atoms with Gasteiger partial charge in [-0.25, -0.2) is 4.98 Å².